The minimum atomic E-state index is -0.773. The van der Waals surface area contributed by atoms with E-state index < -0.39 is 23.6 Å². The standard InChI is InChI=1S/C34H32FN5O3/c1-22-27(3-2-4-30(22)35)32-28(33(42)25-9-5-23(17-36)6-10-25)19-39(21-31(41)40-15-13-38-14-16-40)20-29(32)34(43)26-11-7-24(18-37)8-12-26/h2-12,28-29,32,38H,13-16,19-21H2,1H3/t28-,29+,32?. The lowest BCUT2D eigenvalue weighted by molar-refractivity contribution is -0.133. The van der Waals surface area contributed by atoms with Crippen LogP contribution in [-0.4, -0.2) is 73.1 Å². The Morgan fingerprint density at radius 1 is 0.837 bits per heavy atom. The lowest BCUT2D eigenvalue weighted by atomic mass is 9.67. The molecule has 2 heterocycles. The van der Waals surface area contributed by atoms with Gasteiger partial charge in [0.15, 0.2) is 11.6 Å². The highest BCUT2D eigenvalue weighted by molar-refractivity contribution is 6.02. The molecule has 5 rings (SSSR count). The Kier molecular flexibility index (Phi) is 9.06. The van der Waals surface area contributed by atoms with Crippen LogP contribution in [0.3, 0.4) is 0 Å². The van der Waals surface area contributed by atoms with Crippen LogP contribution in [0.15, 0.2) is 66.7 Å². The molecule has 1 amide bonds. The summed E-state index contributed by atoms with van der Waals surface area (Å²) in [6.45, 7) is 4.67. The number of halogens is 1. The first-order chi connectivity index (χ1) is 20.8. The summed E-state index contributed by atoms with van der Waals surface area (Å²) in [6.07, 6.45) is 0. The number of hydrogen-bond acceptors (Lipinski definition) is 7. The number of rotatable bonds is 7. The van der Waals surface area contributed by atoms with Gasteiger partial charge < -0.3 is 10.2 Å². The van der Waals surface area contributed by atoms with Crippen molar-refractivity contribution in [3.63, 3.8) is 0 Å². The monoisotopic (exact) mass is 577 g/mol. The topological polar surface area (TPSA) is 117 Å². The van der Waals surface area contributed by atoms with Crippen molar-refractivity contribution in [2.45, 2.75) is 12.8 Å². The molecule has 1 unspecified atom stereocenters. The van der Waals surface area contributed by atoms with Gasteiger partial charge in [-0.3, -0.25) is 19.3 Å². The zero-order valence-corrected chi connectivity index (χ0v) is 23.9. The van der Waals surface area contributed by atoms with Crippen LogP contribution in [0.5, 0.6) is 0 Å². The number of Topliss-reactive ketones (excluding diaryl/α,β-unsaturated/α-hetero) is 2. The van der Waals surface area contributed by atoms with E-state index in [1.54, 1.807) is 72.5 Å². The Morgan fingerprint density at radius 3 is 1.84 bits per heavy atom. The van der Waals surface area contributed by atoms with Gasteiger partial charge in [0.1, 0.15) is 5.82 Å². The van der Waals surface area contributed by atoms with E-state index in [0.29, 0.717) is 59.6 Å². The summed E-state index contributed by atoms with van der Waals surface area (Å²) in [5.74, 6) is -3.20. The van der Waals surface area contributed by atoms with Crippen molar-refractivity contribution >= 4 is 17.5 Å². The Balaban J connectivity index is 1.58. The zero-order chi connectivity index (χ0) is 30.5. The van der Waals surface area contributed by atoms with Gasteiger partial charge in [-0.25, -0.2) is 4.39 Å². The van der Waals surface area contributed by atoms with Gasteiger partial charge in [-0.15, -0.1) is 0 Å². The summed E-state index contributed by atoms with van der Waals surface area (Å²) in [7, 11) is 0. The number of nitriles is 2. The Bertz CT molecular complexity index is 1520. The molecule has 2 fully saturated rings. The van der Waals surface area contributed by atoms with Gasteiger partial charge in [-0.1, -0.05) is 36.4 Å². The number of hydrogen-bond donors (Lipinski definition) is 1. The Morgan fingerprint density at radius 2 is 1.35 bits per heavy atom. The third kappa shape index (κ3) is 6.39. The summed E-state index contributed by atoms with van der Waals surface area (Å²) in [5.41, 5.74) is 2.52. The van der Waals surface area contributed by atoms with Crippen molar-refractivity contribution < 1.29 is 18.8 Å². The highest BCUT2D eigenvalue weighted by Gasteiger charge is 2.46. The van der Waals surface area contributed by atoms with E-state index in [4.69, 9.17) is 0 Å². The summed E-state index contributed by atoms with van der Waals surface area (Å²) >= 11 is 0. The second kappa shape index (κ2) is 13.1. The van der Waals surface area contributed by atoms with Crippen molar-refractivity contribution in [1.82, 2.24) is 15.1 Å². The molecule has 9 heteroatoms. The van der Waals surface area contributed by atoms with Gasteiger partial charge in [0.2, 0.25) is 5.91 Å². The molecule has 0 saturated carbocycles. The molecule has 3 aromatic rings. The molecular formula is C34H32FN5O3. The molecular weight excluding hydrogens is 545 g/mol. The molecule has 1 N–H and O–H groups in total. The predicted octanol–water partition coefficient (Wildman–Crippen LogP) is 3.71. The third-order valence-corrected chi connectivity index (χ3v) is 8.54. The molecule has 0 bridgehead atoms. The first kappa shape index (κ1) is 29.8. The molecule has 3 aromatic carbocycles. The minimum absolute atomic E-state index is 0.0448. The van der Waals surface area contributed by atoms with Gasteiger partial charge >= 0.3 is 0 Å². The van der Waals surface area contributed by atoms with Crippen molar-refractivity contribution in [2.75, 3.05) is 45.8 Å². The molecule has 0 spiro atoms. The Labute approximate surface area is 250 Å². The van der Waals surface area contributed by atoms with E-state index in [1.165, 1.54) is 6.07 Å². The lowest BCUT2D eigenvalue weighted by Gasteiger charge is -2.44. The highest BCUT2D eigenvalue weighted by Crippen LogP contribution is 2.42. The van der Waals surface area contributed by atoms with Gasteiger partial charge in [-0.05, 0) is 48.4 Å². The molecule has 43 heavy (non-hydrogen) atoms. The molecule has 0 radical (unpaired) electrons. The van der Waals surface area contributed by atoms with Crippen LogP contribution in [0.1, 0.15) is 48.9 Å². The van der Waals surface area contributed by atoms with Gasteiger partial charge in [-0.2, -0.15) is 10.5 Å². The van der Waals surface area contributed by atoms with E-state index >= 15 is 0 Å². The molecule has 2 aliphatic heterocycles. The molecule has 218 valence electrons. The molecule has 0 aliphatic carbocycles. The van der Waals surface area contributed by atoms with Crippen LogP contribution >= 0.6 is 0 Å². The second-order valence-electron chi connectivity index (χ2n) is 11.1. The third-order valence-electron chi connectivity index (χ3n) is 8.54. The van der Waals surface area contributed by atoms with E-state index in [2.05, 4.69) is 17.5 Å². The number of nitrogens with zero attached hydrogens (tertiary/aromatic N) is 4. The van der Waals surface area contributed by atoms with E-state index in [1.807, 2.05) is 4.90 Å². The maximum absolute atomic E-state index is 15.0. The van der Waals surface area contributed by atoms with Gasteiger partial charge in [0, 0.05) is 68.1 Å². The first-order valence-corrected chi connectivity index (χ1v) is 14.3. The number of amides is 1. The number of nitrogens with one attached hydrogen (secondary N) is 1. The van der Waals surface area contributed by atoms with Crippen LogP contribution in [0.4, 0.5) is 4.39 Å². The van der Waals surface area contributed by atoms with Crippen LogP contribution in [-0.2, 0) is 4.79 Å². The van der Waals surface area contributed by atoms with Crippen LogP contribution in [0.2, 0.25) is 0 Å². The normalized spacial score (nSPS) is 20.6. The van der Waals surface area contributed by atoms with Crippen LogP contribution in [0, 0.1) is 47.2 Å². The smallest absolute Gasteiger partial charge is 0.236 e. The highest BCUT2D eigenvalue weighted by atomic mass is 19.1. The SMILES string of the molecule is Cc1c(F)cccc1C1[C@@H](C(=O)c2ccc(C#N)cc2)CN(CC(=O)N2CCNCC2)C[C@H]1C(=O)c1ccc(C#N)cc1. The van der Waals surface area contributed by atoms with Crippen molar-refractivity contribution in [3.8, 4) is 12.1 Å². The average Bonchev–Trinajstić information content (AvgIpc) is 3.05. The molecule has 0 aromatic heterocycles. The summed E-state index contributed by atoms with van der Waals surface area (Å²) in [6, 6.07) is 21.5. The second-order valence-corrected chi connectivity index (χ2v) is 11.1. The van der Waals surface area contributed by atoms with E-state index in [0.717, 1.165) is 0 Å². The van der Waals surface area contributed by atoms with Crippen LogP contribution in [0.25, 0.3) is 0 Å². The number of benzene rings is 3. The number of piperidine rings is 1. The molecule has 3 atom stereocenters. The number of carbonyl (C=O) groups excluding carboxylic acids is 3. The van der Waals surface area contributed by atoms with Crippen molar-refractivity contribution in [2.24, 2.45) is 11.8 Å². The fourth-order valence-electron chi connectivity index (χ4n) is 6.23. The fraction of sp³-hybridized carbons (Fsp3) is 0.324. The van der Waals surface area contributed by atoms with Crippen molar-refractivity contribution in [3.05, 3.63) is 106 Å². The Hall–Kier alpha value is -4.70. The largest absolute Gasteiger partial charge is 0.339 e. The lowest BCUT2D eigenvalue weighted by Crippen LogP contribution is -2.55. The predicted molar refractivity (Wildman–Crippen MR) is 158 cm³/mol. The van der Waals surface area contributed by atoms with Gasteiger partial charge in [0.05, 0.1) is 29.8 Å². The maximum Gasteiger partial charge on any atom is 0.236 e. The van der Waals surface area contributed by atoms with Crippen LogP contribution < -0.4 is 5.32 Å². The first-order valence-electron chi connectivity index (χ1n) is 14.3. The summed E-state index contributed by atoms with van der Waals surface area (Å²) in [5, 5.41) is 21.7. The van der Waals surface area contributed by atoms with Gasteiger partial charge in [0.25, 0.3) is 0 Å². The number of piperazine rings is 1. The molecule has 2 aliphatic rings. The quantitative estimate of drug-likeness (QED) is 0.426. The minimum Gasteiger partial charge on any atom is -0.339 e. The summed E-state index contributed by atoms with van der Waals surface area (Å²) in [4.78, 5) is 45.5. The maximum atomic E-state index is 15.0. The van der Waals surface area contributed by atoms with E-state index in [9.17, 15) is 29.3 Å². The number of carbonyl (C=O) groups is 3. The fourth-order valence-corrected chi connectivity index (χ4v) is 6.23. The van der Waals surface area contributed by atoms with E-state index in [-0.39, 0.29) is 37.1 Å². The number of ketones is 2. The number of likely N-dealkylation sites (tertiary alicyclic amines) is 1. The van der Waals surface area contributed by atoms with Crippen molar-refractivity contribution in [1.29, 1.82) is 10.5 Å². The molecule has 8 nitrogen and oxygen atoms in total. The zero-order valence-electron chi connectivity index (χ0n) is 23.9. The average molecular weight is 578 g/mol. The molecule has 2 saturated heterocycles. The summed E-state index contributed by atoms with van der Waals surface area (Å²) < 4.78 is 15.0.